The fourth-order valence-electron chi connectivity index (χ4n) is 2.53. The molecule has 0 saturated heterocycles. The van der Waals surface area contributed by atoms with Gasteiger partial charge in [0.05, 0.1) is 0 Å². The summed E-state index contributed by atoms with van der Waals surface area (Å²) in [5.41, 5.74) is 3.34. The second-order valence-electron chi connectivity index (χ2n) is 6.13. The van der Waals surface area contributed by atoms with Gasteiger partial charge in [0.15, 0.2) is 11.5 Å². The molecule has 0 radical (unpaired) electrons. The minimum Gasteiger partial charge on any atom is -0.358 e. The first-order valence-electron chi connectivity index (χ1n) is 8.43. The number of anilines is 2. The summed E-state index contributed by atoms with van der Waals surface area (Å²) in [6.45, 7) is 2.78. The summed E-state index contributed by atoms with van der Waals surface area (Å²) in [5.74, 6) is 0.459. The first-order chi connectivity index (χ1) is 12.6. The number of aryl methyl sites for hydroxylation is 1. The van der Waals surface area contributed by atoms with E-state index in [-0.39, 0.29) is 11.6 Å². The molecule has 1 N–H and O–H groups in total. The van der Waals surface area contributed by atoms with Crippen molar-refractivity contribution < 1.29 is 4.79 Å². The van der Waals surface area contributed by atoms with E-state index in [4.69, 9.17) is 0 Å². The van der Waals surface area contributed by atoms with Gasteiger partial charge in [-0.3, -0.25) is 9.78 Å². The summed E-state index contributed by atoms with van der Waals surface area (Å²) in [6, 6.07) is 15.1. The van der Waals surface area contributed by atoms with Crippen LogP contribution in [0.5, 0.6) is 0 Å². The maximum absolute atomic E-state index is 12.3. The van der Waals surface area contributed by atoms with Gasteiger partial charge in [-0.25, -0.2) is 0 Å². The Balaban J connectivity index is 1.59. The molecule has 26 heavy (non-hydrogen) atoms. The SMILES string of the molecule is Cc1cccc(NC(=O)c2ccc(N(C)CCc3ccncc3)nn2)c1. The molecular weight excluding hydrogens is 326 g/mol. The molecule has 2 aromatic heterocycles. The van der Waals surface area contributed by atoms with Crippen molar-refractivity contribution in [3.63, 3.8) is 0 Å². The lowest BCUT2D eigenvalue weighted by Gasteiger charge is -2.17. The smallest absolute Gasteiger partial charge is 0.276 e. The molecule has 132 valence electrons. The number of carbonyl (C=O) groups excluding carboxylic acids is 1. The zero-order chi connectivity index (χ0) is 18.4. The molecule has 0 aliphatic rings. The van der Waals surface area contributed by atoms with E-state index in [2.05, 4.69) is 20.5 Å². The maximum atomic E-state index is 12.3. The highest BCUT2D eigenvalue weighted by Gasteiger charge is 2.10. The Morgan fingerprint density at radius 3 is 2.58 bits per heavy atom. The number of carbonyl (C=O) groups is 1. The first-order valence-corrected chi connectivity index (χ1v) is 8.43. The Labute approximate surface area is 152 Å². The number of nitrogens with one attached hydrogen (secondary N) is 1. The predicted octanol–water partition coefficient (Wildman–Crippen LogP) is 3.11. The van der Waals surface area contributed by atoms with Gasteiger partial charge in [-0.05, 0) is 60.9 Å². The van der Waals surface area contributed by atoms with Crippen LogP contribution in [-0.2, 0) is 6.42 Å². The van der Waals surface area contributed by atoms with Crippen LogP contribution in [0.4, 0.5) is 11.5 Å². The lowest BCUT2D eigenvalue weighted by atomic mass is 10.2. The molecule has 0 unspecified atom stereocenters. The van der Waals surface area contributed by atoms with Gasteiger partial charge in [-0.1, -0.05) is 12.1 Å². The van der Waals surface area contributed by atoms with Crippen molar-refractivity contribution in [1.82, 2.24) is 15.2 Å². The number of aromatic nitrogens is 3. The van der Waals surface area contributed by atoms with Crippen LogP contribution in [0.3, 0.4) is 0 Å². The van der Waals surface area contributed by atoms with Gasteiger partial charge in [-0.15, -0.1) is 10.2 Å². The van der Waals surface area contributed by atoms with Crippen molar-refractivity contribution in [1.29, 1.82) is 0 Å². The van der Waals surface area contributed by atoms with Crippen molar-refractivity contribution in [2.75, 3.05) is 23.8 Å². The van der Waals surface area contributed by atoms with Crippen LogP contribution in [0.2, 0.25) is 0 Å². The van der Waals surface area contributed by atoms with Crippen molar-refractivity contribution >= 4 is 17.4 Å². The highest BCUT2D eigenvalue weighted by atomic mass is 16.1. The van der Waals surface area contributed by atoms with E-state index >= 15 is 0 Å². The van der Waals surface area contributed by atoms with E-state index in [1.165, 1.54) is 5.56 Å². The van der Waals surface area contributed by atoms with Crippen molar-refractivity contribution in [2.45, 2.75) is 13.3 Å². The second-order valence-corrected chi connectivity index (χ2v) is 6.13. The summed E-state index contributed by atoms with van der Waals surface area (Å²) in [4.78, 5) is 18.3. The van der Waals surface area contributed by atoms with Crippen LogP contribution < -0.4 is 10.2 Å². The summed E-state index contributed by atoms with van der Waals surface area (Å²) in [7, 11) is 1.96. The Morgan fingerprint density at radius 1 is 1.08 bits per heavy atom. The molecule has 0 saturated carbocycles. The van der Waals surface area contributed by atoms with Gasteiger partial charge < -0.3 is 10.2 Å². The number of nitrogens with zero attached hydrogens (tertiary/aromatic N) is 4. The average molecular weight is 347 g/mol. The van der Waals surface area contributed by atoms with Crippen LogP contribution in [0.1, 0.15) is 21.6 Å². The lowest BCUT2D eigenvalue weighted by Crippen LogP contribution is -2.22. The maximum Gasteiger partial charge on any atom is 0.276 e. The lowest BCUT2D eigenvalue weighted by molar-refractivity contribution is 0.102. The standard InChI is InChI=1S/C20H21N5O/c1-15-4-3-5-17(14-15)22-20(26)18-6-7-19(24-23-18)25(2)13-10-16-8-11-21-12-9-16/h3-9,11-12,14H,10,13H2,1-2H3,(H,22,26). The van der Waals surface area contributed by atoms with Crippen molar-refractivity contribution in [3.8, 4) is 0 Å². The number of benzene rings is 1. The van der Waals surface area contributed by atoms with Crippen LogP contribution in [0, 0.1) is 6.92 Å². The molecule has 0 atom stereocenters. The summed E-state index contributed by atoms with van der Waals surface area (Å²) in [5, 5.41) is 11.1. The highest BCUT2D eigenvalue weighted by molar-refractivity contribution is 6.02. The summed E-state index contributed by atoms with van der Waals surface area (Å²) >= 11 is 0. The predicted molar refractivity (Wildman–Crippen MR) is 102 cm³/mol. The van der Waals surface area contributed by atoms with Gasteiger partial charge in [0.1, 0.15) is 0 Å². The molecule has 0 fully saturated rings. The summed E-state index contributed by atoms with van der Waals surface area (Å²) in [6.07, 6.45) is 4.46. The van der Waals surface area contributed by atoms with E-state index in [1.807, 2.05) is 61.3 Å². The Bertz CT molecular complexity index is 865. The second kappa shape index (κ2) is 8.20. The third-order valence-electron chi connectivity index (χ3n) is 4.04. The topological polar surface area (TPSA) is 71.0 Å². The van der Waals surface area contributed by atoms with Crippen LogP contribution in [0.15, 0.2) is 60.9 Å². The monoisotopic (exact) mass is 347 g/mol. The number of hydrogen-bond donors (Lipinski definition) is 1. The van der Waals surface area contributed by atoms with Crippen LogP contribution in [0.25, 0.3) is 0 Å². The molecule has 6 nitrogen and oxygen atoms in total. The molecule has 0 aliphatic carbocycles. The molecule has 1 aromatic carbocycles. The van der Waals surface area contributed by atoms with E-state index in [9.17, 15) is 4.79 Å². The molecular formula is C20H21N5O. The quantitative estimate of drug-likeness (QED) is 0.742. The highest BCUT2D eigenvalue weighted by Crippen LogP contribution is 2.12. The van der Waals surface area contributed by atoms with Gasteiger partial charge in [0.2, 0.25) is 0 Å². The molecule has 2 heterocycles. The number of pyridine rings is 1. The Morgan fingerprint density at radius 2 is 1.88 bits per heavy atom. The molecule has 0 spiro atoms. The van der Waals surface area contributed by atoms with Crippen LogP contribution >= 0.6 is 0 Å². The van der Waals surface area contributed by atoms with Crippen molar-refractivity contribution in [3.05, 3.63) is 77.7 Å². The van der Waals surface area contributed by atoms with E-state index in [0.29, 0.717) is 0 Å². The minimum atomic E-state index is -0.269. The number of rotatable bonds is 6. The molecule has 3 rings (SSSR count). The number of likely N-dealkylation sites (N-methyl/N-ethyl adjacent to an activating group) is 1. The summed E-state index contributed by atoms with van der Waals surface area (Å²) < 4.78 is 0. The Hall–Kier alpha value is -3.28. The average Bonchev–Trinajstić information content (AvgIpc) is 2.67. The van der Waals surface area contributed by atoms with Crippen molar-refractivity contribution in [2.24, 2.45) is 0 Å². The first kappa shape index (κ1) is 17.5. The third kappa shape index (κ3) is 4.63. The molecule has 6 heteroatoms. The number of amides is 1. The molecule has 0 bridgehead atoms. The van der Waals surface area contributed by atoms with E-state index in [1.54, 1.807) is 18.5 Å². The largest absolute Gasteiger partial charge is 0.358 e. The van der Waals surface area contributed by atoms with Gasteiger partial charge in [0, 0.05) is 31.7 Å². The zero-order valence-corrected chi connectivity index (χ0v) is 14.9. The molecule has 1 amide bonds. The van der Waals surface area contributed by atoms with E-state index in [0.717, 1.165) is 30.0 Å². The van der Waals surface area contributed by atoms with Gasteiger partial charge in [-0.2, -0.15) is 0 Å². The molecule has 0 aliphatic heterocycles. The third-order valence-corrected chi connectivity index (χ3v) is 4.04. The zero-order valence-electron chi connectivity index (χ0n) is 14.9. The fourth-order valence-corrected chi connectivity index (χ4v) is 2.53. The Kier molecular flexibility index (Phi) is 5.53. The van der Waals surface area contributed by atoms with Crippen LogP contribution in [-0.4, -0.2) is 34.7 Å². The van der Waals surface area contributed by atoms with Gasteiger partial charge >= 0.3 is 0 Å². The fraction of sp³-hybridized carbons (Fsp3) is 0.200. The molecule has 3 aromatic rings. The van der Waals surface area contributed by atoms with Gasteiger partial charge in [0.25, 0.3) is 5.91 Å². The number of hydrogen-bond acceptors (Lipinski definition) is 5. The normalized spacial score (nSPS) is 10.4. The van der Waals surface area contributed by atoms with E-state index < -0.39 is 0 Å². The minimum absolute atomic E-state index is 0.269.